The van der Waals surface area contributed by atoms with Gasteiger partial charge in [0, 0.05) is 18.7 Å². The number of alkyl halides is 3. The first-order chi connectivity index (χ1) is 18.1. The molecule has 2 atom stereocenters. The van der Waals surface area contributed by atoms with E-state index >= 15 is 0 Å². The van der Waals surface area contributed by atoms with Crippen LogP contribution in [-0.4, -0.2) is 48.5 Å². The fraction of sp³-hybridized carbons (Fsp3) is 0.536. The number of rotatable bonds is 7. The molecule has 1 saturated carbocycles. The van der Waals surface area contributed by atoms with Gasteiger partial charge in [0.05, 0.1) is 6.61 Å². The average molecular weight is 539 g/mol. The summed E-state index contributed by atoms with van der Waals surface area (Å²) in [4.78, 5) is 15.7. The van der Waals surface area contributed by atoms with Crippen LogP contribution in [0.15, 0.2) is 42.5 Å². The summed E-state index contributed by atoms with van der Waals surface area (Å²) in [5.41, 5.74) is 0.355. The third-order valence-electron chi connectivity index (χ3n) is 8.01. The second kappa shape index (κ2) is 10.8. The molecule has 0 aromatic heterocycles. The normalized spacial score (nSPS) is 25.2. The molecule has 1 aliphatic carbocycles. The Labute approximate surface area is 218 Å². The summed E-state index contributed by atoms with van der Waals surface area (Å²) in [6.45, 7) is 2.10. The molecule has 2 heterocycles. The molecule has 38 heavy (non-hydrogen) atoms. The van der Waals surface area contributed by atoms with Crippen LogP contribution >= 0.6 is 0 Å². The van der Waals surface area contributed by atoms with Crippen molar-refractivity contribution in [1.82, 2.24) is 10.2 Å². The van der Waals surface area contributed by atoms with Crippen molar-refractivity contribution in [1.29, 1.82) is 0 Å². The second-order valence-corrected chi connectivity index (χ2v) is 10.6. The molecular weight excluding hydrogens is 507 g/mol. The van der Waals surface area contributed by atoms with Gasteiger partial charge >= 0.3 is 6.36 Å². The summed E-state index contributed by atoms with van der Waals surface area (Å²) in [6.07, 6.45) is 0.128. The van der Waals surface area contributed by atoms with Crippen molar-refractivity contribution in [2.75, 3.05) is 19.7 Å². The molecule has 0 radical (unpaired) electrons. The van der Waals surface area contributed by atoms with E-state index in [1.165, 1.54) is 12.1 Å². The lowest BCUT2D eigenvalue weighted by Gasteiger charge is -2.45. The molecule has 206 valence electrons. The van der Waals surface area contributed by atoms with Gasteiger partial charge in [0.15, 0.2) is 0 Å². The van der Waals surface area contributed by atoms with Crippen LogP contribution < -0.4 is 10.1 Å². The van der Waals surface area contributed by atoms with Crippen LogP contribution in [0.1, 0.15) is 55.6 Å². The monoisotopic (exact) mass is 538 g/mol. The van der Waals surface area contributed by atoms with Gasteiger partial charge in [-0.15, -0.1) is 13.2 Å². The Kier molecular flexibility index (Phi) is 7.64. The average Bonchev–Trinajstić information content (AvgIpc) is 3.73. The van der Waals surface area contributed by atoms with Gasteiger partial charge < -0.3 is 14.8 Å². The Morgan fingerprint density at radius 1 is 1.00 bits per heavy atom. The highest BCUT2D eigenvalue weighted by Crippen LogP contribution is 2.47. The van der Waals surface area contributed by atoms with Crippen LogP contribution in [0.3, 0.4) is 0 Å². The molecule has 5 nitrogen and oxygen atoms in total. The third-order valence-corrected chi connectivity index (χ3v) is 8.01. The summed E-state index contributed by atoms with van der Waals surface area (Å²) < 4.78 is 74.8. The van der Waals surface area contributed by atoms with E-state index in [0.29, 0.717) is 25.0 Å². The van der Waals surface area contributed by atoms with E-state index < -0.39 is 23.5 Å². The standard InChI is InChI=1S/C28H31F5N2O3/c29-22-5-1-19(2-6-22)20-8-11-35(12-9-20)24-7-10-27(37-17-24,21-3-4-21)26(36)34-16-18-13-23(30)15-25(14-18)38-28(31,32)33/h1-2,5-6,13-15,20-21,24H,3-4,7-12,16-17H2,(H,34,36)/t24-,27+/m1/s1. The van der Waals surface area contributed by atoms with Gasteiger partial charge in [-0.3, -0.25) is 9.69 Å². The smallest absolute Gasteiger partial charge is 0.406 e. The van der Waals surface area contributed by atoms with Crippen molar-refractivity contribution >= 4 is 5.91 Å². The van der Waals surface area contributed by atoms with Crippen LogP contribution in [0.5, 0.6) is 5.75 Å². The molecule has 0 spiro atoms. The largest absolute Gasteiger partial charge is 0.573 e. The molecule has 1 amide bonds. The topological polar surface area (TPSA) is 50.8 Å². The zero-order chi connectivity index (χ0) is 26.9. The molecule has 3 aliphatic rings. The maximum Gasteiger partial charge on any atom is 0.573 e. The van der Waals surface area contributed by atoms with Crippen LogP contribution in [0.2, 0.25) is 0 Å². The lowest BCUT2D eigenvalue weighted by molar-refractivity contribution is -0.274. The highest BCUT2D eigenvalue weighted by atomic mass is 19.4. The van der Waals surface area contributed by atoms with Gasteiger partial charge in [0.1, 0.15) is 23.0 Å². The van der Waals surface area contributed by atoms with Gasteiger partial charge in [-0.1, -0.05) is 12.1 Å². The quantitative estimate of drug-likeness (QED) is 0.461. The van der Waals surface area contributed by atoms with Crippen molar-refractivity contribution in [2.45, 2.75) is 69.0 Å². The van der Waals surface area contributed by atoms with Crippen molar-refractivity contribution in [3.8, 4) is 5.75 Å². The molecule has 2 aromatic carbocycles. The van der Waals surface area contributed by atoms with Gasteiger partial charge in [-0.25, -0.2) is 8.78 Å². The number of amides is 1. The number of likely N-dealkylation sites (tertiary alicyclic amines) is 1. The first kappa shape index (κ1) is 26.9. The lowest BCUT2D eigenvalue weighted by Crippen LogP contribution is -2.57. The van der Waals surface area contributed by atoms with Gasteiger partial charge in [0.25, 0.3) is 5.91 Å². The maximum atomic E-state index is 13.8. The fourth-order valence-corrected chi connectivity index (χ4v) is 5.89. The minimum atomic E-state index is -4.94. The van der Waals surface area contributed by atoms with E-state index in [4.69, 9.17) is 4.74 Å². The van der Waals surface area contributed by atoms with E-state index in [0.717, 1.165) is 62.9 Å². The van der Waals surface area contributed by atoms with E-state index in [1.807, 2.05) is 12.1 Å². The molecule has 5 rings (SSSR count). The highest BCUT2D eigenvalue weighted by Gasteiger charge is 2.54. The Morgan fingerprint density at radius 3 is 2.32 bits per heavy atom. The van der Waals surface area contributed by atoms with E-state index in [-0.39, 0.29) is 35.8 Å². The Morgan fingerprint density at radius 2 is 1.71 bits per heavy atom. The SMILES string of the molecule is O=C(NCc1cc(F)cc(OC(F)(F)F)c1)[C@@]1(C2CC2)CC[C@@H](N2CCC(c3ccc(F)cc3)CC2)CO1. The zero-order valence-electron chi connectivity index (χ0n) is 20.9. The number of carbonyl (C=O) groups is 1. The summed E-state index contributed by atoms with van der Waals surface area (Å²) in [6, 6.07) is 9.71. The Hall–Kier alpha value is -2.72. The van der Waals surface area contributed by atoms with Gasteiger partial charge in [0.2, 0.25) is 0 Å². The summed E-state index contributed by atoms with van der Waals surface area (Å²) in [7, 11) is 0. The molecule has 1 N–H and O–H groups in total. The number of hydrogen-bond donors (Lipinski definition) is 1. The molecule has 3 fully saturated rings. The lowest BCUT2D eigenvalue weighted by atomic mass is 9.84. The van der Waals surface area contributed by atoms with Crippen molar-refractivity contribution in [3.05, 3.63) is 65.2 Å². The van der Waals surface area contributed by atoms with E-state index in [1.54, 1.807) is 0 Å². The molecular formula is C28H31F5N2O3. The van der Waals surface area contributed by atoms with Crippen LogP contribution in [0.25, 0.3) is 0 Å². The summed E-state index contributed by atoms with van der Waals surface area (Å²) in [5.74, 6) is -1.59. The molecule has 2 saturated heterocycles. The number of piperidine rings is 1. The van der Waals surface area contributed by atoms with Gasteiger partial charge in [-0.2, -0.15) is 0 Å². The third kappa shape index (κ3) is 6.29. The molecule has 2 aliphatic heterocycles. The van der Waals surface area contributed by atoms with E-state index in [9.17, 15) is 26.7 Å². The van der Waals surface area contributed by atoms with E-state index in [2.05, 4.69) is 15.0 Å². The predicted molar refractivity (Wildman–Crippen MR) is 129 cm³/mol. The number of hydrogen-bond acceptors (Lipinski definition) is 4. The number of ether oxygens (including phenoxy) is 2. The minimum absolute atomic E-state index is 0.101. The van der Waals surface area contributed by atoms with Crippen molar-refractivity contribution in [3.63, 3.8) is 0 Å². The number of halogens is 5. The summed E-state index contributed by atoms with van der Waals surface area (Å²) >= 11 is 0. The second-order valence-electron chi connectivity index (χ2n) is 10.6. The van der Waals surface area contributed by atoms with Gasteiger partial charge in [-0.05, 0) is 98.8 Å². The molecule has 0 bridgehead atoms. The predicted octanol–water partition coefficient (Wildman–Crippen LogP) is 5.69. The number of benzene rings is 2. The molecule has 0 unspecified atom stereocenters. The zero-order valence-corrected chi connectivity index (χ0v) is 20.9. The van der Waals surface area contributed by atoms with Crippen LogP contribution in [-0.2, 0) is 16.1 Å². The first-order valence-corrected chi connectivity index (χ1v) is 13.1. The fourth-order valence-electron chi connectivity index (χ4n) is 5.89. The number of nitrogens with zero attached hydrogens (tertiary/aromatic N) is 1. The van der Waals surface area contributed by atoms with Crippen molar-refractivity contribution < 1.29 is 36.2 Å². The summed E-state index contributed by atoms with van der Waals surface area (Å²) in [5, 5.41) is 2.76. The molecule has 2 aromatic rings. The number of carbonyl (C=O) groups excluding carboxylic acids is 1. The van der Waals surface area contributed by atoms with Crippen molar-refractivity contribution in [2.24, 2.45) is 5.92 Å². The first-order valence-electron chi connectivity index (χ1n) is 13.1. The van der Waals surface area contributed by atoms with Crippen LogP contribution in [0, 0.1) is 17.6 Å². The van der Waals surface area contributed by atoms with Crippen LogP contribution in [0.4, 0.5) is 22.0 Å². The molecule has 10 heteroatoms. The highest BCUT2D eigenvalue weighted by molar-refractivity contribution is 5.86. The Balaban J connectivity index is 1.15. The Bertz CT molecular complexity index is 1120. The number of nitrogens with one attached hydrogen (secondary N) is 1. The minimum Gasteiger partial charge on any atom is -0.406 e. The maximum absolute atomic E-state index is 13.8.